The minimum atomic E-state index is -0.563. The van der Waals surface area contributed by atoms with E-state index in [0.29, 0.717) is 31.8 Å². The predicted molar refractivity (Wildman–Crippen MR) is 138 cm³/mol. The molecule has 1 fully saturated rings. The second-order valence-corrected chi connectivity index (χ2v) is 11.0. The number of nitrogens with zero attached hydrogens (tertiary/aromatic N) is 3. The third-order valence-electron chi connectivity index (χ3n) is 7.17. The lowest BCUT2D eigenvalue weighted by Gasteiger charge is -2.41. The van der Waals surface area contributed by atoms with E-state index in [1.165, 1.54) is 12.1 Å². The van der Waals surface area contributed by atoms with E-state index >= 15 is 0 Å². The van der Waals surface area contributed by atoms with Crippen LogP contribution in [0.1, 0.15) is 56.8 Å². The Morgan fingerprint density at radius 1 is 1.03 bits per heavy atom. The van der Waals surface area contributed by atoms with Crippen molar-refractivity contribution in [3.05, 3.63) is 65.0 Å². The molecule has 0 N–H and O–H groups in total. The molecule has 36 heavy (non-hydrogen) atoms. The fourth-order valence-electron chi connectivity index (χ4n) is 5.02. The maximum absolute atomic E-state index is 13.8. The molecule has 0 aliphatic carbocycles. The van der Waals surface area contributed by atoms with Crippen LogP contribution in [0.5, 0.6) is 5.75 Å². The lowest BCUT2D eigenvalue weighted by molar-refractivity contribution is -0.141. The molecule has 2 aliphatic heterocycles. The summed E-state index contributed by atoms with van der Waals surface area (Å²) >= 11 is 0. The van der Waals surface area contributed by atoms with Crippen LogP contribution in [0, 0.1) is 11.2 Å². The van der Waals surface area contributed by atoms with Crippen molar-refractivity contribution in [1.29, 1.82) is 0 Å². The molecule has 0 saturated carbocycles. The van der Waals surface area contributed by atoms with Gasteiger partial charge in [0.25, 0.3) is 5.91 Å². The number of carbonyl (C=O) groups excluding carboxylic acids is 2. The van der Waals surface area contributed by atoms with Gasteiger partial charge in [-0.05, 0) is 60.8 Å². The maximum atomic E-state index is 13.8. The van der Waals surface area contributed by atoms with E-state index in [9.17, 15) is 14.0 Å². The van der Waals surface area contributed by atoms with Gasteiger partial charge in [0.05, 0.1) is 6.04 Å². The fraction of sp³-hybridized carbons (Fsp3) is 0.517. The first-order valence-electron chi connectivity index (χ1n) is 12.9. The van der Waals surface area contributed by atoms with Crippen LogP contribution in [0.3, 0.4) is 0 Å². The van der Waals surface area contributed by atoms with Gasteiger partial charge in [-0.15, -0.1) is 0 Å². The highest BCUT2D eigenvalue weighted by atomic mass is 19.1. The molecule has 0 spiro atoms. The smallest absolute Gasteiger partial charge is 0.263 e. The summed E-state index contributed by atoms with van der Waals surface area (Å²) < 4.78 is 20.0. The van der Waals surface area contributed by atoms with Crippen molar-refractivity contribution in [1.82, 2.24) is 14.7 Å². The minimum absolute atomic E-state index is 0.0166. The number of rotatable bonds is 5. The summed E-state index contributed by atoms with van der Waals surface area (Å²) in [7, 11) is 2.06. The van der Waals surface area contributed by atoms with E-state index in [4.69, 9.17) is 4.74 Å². The molecule has 0 bridgehead atoms. The summed E-state index contributed by atoms with van der Waals surface area (Å²) in [5.74, 6) is 0.363. The molecule has 2 atom stereocenters. The zero-order valence-corrected chi connectivity index (χ0v) is 22.1. The number of ether oxygens (including phenoxy) is 1. The molecule has 7 heteroatoms. The van der Waals surface area contributed by atoms with Gasteiger partial charge in [0.2, 0.25) is 5.91 Å². The van der Waals surface area contributed by atoms with Gasteiger partial charge in [-0.1, -0.05) is 45.9 Å². The van der Waals surface area contributed by atoms with E-state index < -0.39 is 11.5 Å². The number of fused-ring (bicyclic) bond motifs is 1. The van der Waals surface area contributed by atoms with Crippen molar-refractivity contribution in [2.75, 3.05) is 39.8 Å². The Labute approximate surface area is 214 Å². The zero-order valence-electron chi connectivity index (χ0n) is 22.1. The Hall–Kier alpha value is -2.93. The number of hydrogen-bond acceptors (Lipinski definition) is 4. The highest BCUT2D eigenvalue weighted by molar-refractivity contribution is 5.83. The number of halogens is 1. The van der Waals surface area contributed by atoms with Gasteiger partial charge < -0.3 is 19.4 Å². The van der Waals surface area contributed by atoms with Gasteiger partial charge in [0.15, 0.2) is 6.10 Å². The van der Waals surface area contributed by atoms with Crippen LogP contribution in [0.4, 0.5) is 4.39 Å². The molecule has 2 aliphatic rings. The van der Waals surface area contributed by atoms with Crippen molar-refractivity contribution in [3.63, 3.8) is 0 Å². The fourth-order valence-corrected chi connectivity index (χ4v) is 5.02. The molecule has 0 radical (unpaired) electrons. The monoisotopic (exact) mass is 495 g/mol. The number of piperazine rings is 1. The van der Waals surface area contributed by atoms with Gasteiger partial charge >= 0.3 is 0 Å². The molecule has 2 heterocycles. The summed E-state index contributed by atoms with van der Waals surface area (Å²) in [5, 5.41) is 0. The summed E-state index contributed by atoms with van der Waals surface area (Å²) in [6.45, 7) is 11.4. The SMILES string of the molecule is CC[C@@H](Oc1ccc2c(c1)[C@H](c1ccc(F)cc1)N(C(=O)C(C)(C)C)CC2)C(=O)N1CCN(C)CC1. The number of likely N-dealkylation sites (N-methyl/N-ethyl adjacent to an activating group) is 1. The van der Waals surface area contributed by atoms with Crippen LogP contribution < -0.4 is 4.74 Å². The summed E-state index contributed by atoms with van der Waals surface area (Å²) in [5.41, 5.74) is 2.40. The Bertz CT molecular complexity index is 1090. The zero-order chi connectivity index (χ0) is 26.0. The van der Waals surface area contributed by atoms with Crippen molar-refractivity contribution >= 4 is 11.8 Å². The Morgan fingerprint density at radius 2 is 1.69 bits per heavy atom. The van der Waals surface area contributed by atoms with E-state index in [0.717, 1.165) is 36.2 Å². The molecule has 1 saturated heterocycles. The van der Waals surface area contributed by atoms with Crippen molar-refractivity contribution in [2.24, 2.45) is 5.41 Å². The van der Waals surface area contributed by atoms with Gasteiger partial charge in [-0.3, -0.25) is 9.59 Å². The Morgan fingerprint density at radius 3 is 2.31 bits per heavy atom. The average molecular weight is 496 g/mol. The van der Waals surface area contributed by atoms with Crippen molar-refractivity contribution in [3.8, 4) is 5.75 Å². The van der Waals surface area contributed by atoms with Gasteiger partial charge in [-0.2, -0.15) is 0 Å². The lowest BCUT2D eigenvalue weighted by Crippen LogP contribution is -2.51. The molecule has 6 nitrogen and oxygen atoms in total. The Kier molecular flexibility index (Phi) is 7.69. The topological polar surface area (TPSA) is 53.1 Å². The van der Waals surface area contributed by atoms with E-state index in [1.54, 1.807) is 12.1 Å². The minimum Gasteiger partial charge on any atom is -0.481 e. The number of amides is 2. The van der Waals surface area contributed by atoms with Gasteiger partial charge in [0, 0.05) is 38.1 Å². The summed E-state index contributed by atoms with van der Waals surface area (Å²) in [4.78, 5) is 32.6. The third kappa shape index (κ3) is 5.56. The summed E-state index contributed by atoms with van der Waals surface area (Å²) in [6.07, 6.45) is 0.733. The highest BCUT2D eigenvalue weighted by Gasteiger charge is 2.37. The number of hydrogen-bond donors (Lipinski definition) is 0. The van der Waals surface area contributed by atoms with Crippen molar-refractivity contribution < 1.29 is 18.7 Å². The molecule has 0 unspecified atom stereocenters. The van der Waals surface area contributed by atoms with Crippen molar-refractivity contribution in [2.45, 2.75) is 52.7 Å². The van der Waals surface area contributed by atoms with Crippen LogP contribution in [0.15, 0.2) is 42.5 Å². The molecular formula is C29H38FN3O3. The van der Waals surface area contributed by atoms with E-state index in [2.05, 4.69) is 11.9 Å². The van der Waals surface area contributed by atoms with Gasteiger partial charge in [0.1, 0.15) is 11.6 Å². The molecule has 2 amide bonds. The van der Waals surface area contributed by atoms with E-state index in [1.807, 2.05) is 55.7 Å². The normalized spacial score (nSPS) is 19.6. The summed E-state index contributed by atoms with van der Waals surface area (Å²) in [6, 6.07) is 11.9. The second kappa shape index (κ2) is 10.6. The van der Waals surface area contributed by atoms with E-state index in [-0.39, 0.29) is 23.7 Å². The van der Waals surface area contributed by atoms with Crippen LogP contribution >= 0.6 is 0 Å². The first-order valence-corrected chi connectivity index (χ1v) is 12.9. The lowest BCUT2D eigenvalue weighted by atomic mass is 9.85. The van der Waals surface area contributed by atoms with Gasteiger partial charge in [-0.25, -0.2) is 4.39 Å². The molecule has 0 aromatic heterocycles. The largest absolute Gasteiger partial charge is 0.481 e. The standard InChI is InChI=1S/C29H38FN3O3/c1-6-25(27(34)32-17-15-31(5)16-18-32)36-23-12-9-20-13-14-33(28(35)29(2,3)4)26(24(20)19-23)21-7-10-22(30)11-8-21/h7-12,19,25-26H,6,13-18H2,1-5H3/t25-,26+/m1/s1. The first kappa shape index (κ1) is 26.1. The predicted octanol–water partition coefficient (Wildman–Crippen LogP) is 4.28. The molecule has 4 rings (SSSR count). The second-order valence-electron chi connectivity index (χ2n) is 11.0. The average Bonchev–Trinajstić information content (AvgIpc) is 2.86. The third-order valence-corrected chi connectivity index (χ3v) is 7.17. The van der Waals surface area contributed by atoms with Crippen LogP contribution in [-0.4, -0.2) is 72.4 Å². The number of benzene rings is 2. The maximum Gasteiger partial charge on any atom is 0.263 e. The van der Waals surface area contributed by atoms with Crippen LogP contribution in [0.2, 0.25) is 0 Å². The first-order chi connectivity index (χ1) is 17.1. The Balaban J connectivity index is 1.65. The number of carbonyl (C=O) groups is 2. The molecule has 2 aromatic carbocycles. The highest BCUT2D eigenvalue weighted by Crippen LogP contribution is 2.39. The van der Waals surface area contributed by atoms with Crippen LogP contribution in [-0.2, 0) is 16.0 Å². The molecule has 194 valence electrons. The van der Waals surface area contributed by atoms with Crippen LogP contribution in [0.25, 0.3) is 0 Å². The quantitative estimate of drug-likeness (QED) is 0.622. The molecular weight excluding hydrogens is 457 g/mol. The molecule has 2 aromatic rings.